The van der Waals surface area contributed by atoms with Gasteiger partial charge in [-0.2, -0.15) is 10.5 Å². The van der Waals surface area contributed by atoms with Crippen molar-refractivity contribution in [3.8, 4) is 17.9 Å². The van der Waals surface area contributed by atoms with Crippen LogP contribution in [-0.4, -0.2) is 23.0 Å². The minimum Gasteiger partial charge on any atom is -0.497 e. The average Bonchev–Trinajstić information content (AvgIpc) is 3.53. The lowest BCUT2D eigenvalue weighted by Gasteiger charge is -2.57. The molecule has 2 aromatic rings. The van der Waals surface area contributed by atoms with Gasteiger partial charge in [-0.1, -0.05) is 31.6 Å². The van der Waals surface area contributed by atoms with E-state index in [0.717, 1.165) is 44.2 Å². The summed E-state index contributed by atoms with van der Waals surface area (Å²) in [5, 5.41) is 34.5. The lowest BCUT2D eigenvalue weighted by Crippen LogP contribution is -2.51. The maximum Gasteiger partial charge on any atom is 0.298 e. The molecule has 0 radical (unpaired) electrons. The number of ketones is 1. The van der Waals surface area contributed by atoms with Crippen molar-refractivity contribution in [3.05, 3.63) is 75.0 Å². The van der Waals surface area contributed by atoms with Crippen molar-refractivity contribution < 1.29 is 19.4 Å². The Morgan fingerprint density at radius 1 is 1.07 bits per heavy atom. The minimum atomic E-state index is -0.789. The van der Waals surface area contributed by atoms with Crippen LogP contribution in [0.3, 0.4) is 0 Å². The summed E-state index contributed by atoms with van der Waals surface area (Å²) < 4.78 is 10.9. The zero-order chi connectivity index (χ0) is 30.1. The molecule has 220 valence electrons. The van der Waals surface area contributed by atoms with E-state index in [1.54, 1.807) is 42.7 Å². The minimum absolute atomic E-state index is 0.0254. The van der Waals surface area contributed by atoms with Gasteiger partial charge in [0.05, 0.1) is 18.7 Å². The van der Waals surface area contributed by atoms with Crippen LogP contribution >= 0.6 is 11.3 Å². The van der Waals surface area contributed by atoms with Gasteiger partial charge in [-0.15, -0.1) is 11.3 Å². The number of carbonyl (C=O) groups excluding carboxylic acids is 1. The van der Waals surface area contributed by atoms with Gasteiger partial charge in [0.25, 0.3) is 5.95 Å². The van der Waals surface area contributed by atoms with Gasteiger partial charge in [0.2, 0.25) is 5.88 Å². The molecule has 1 aromatic heterocycles. The van der Waals surface area contributed by atoms with Crippen molar-refractivity contribution in [2.24, 2.45) is 23.2 Å². The highest BCUT2D eigenvalue weighted by Gasteiger charge is 2.59. The van der Waals surface area contributed by atoms with Gasteiger partial charge in [-0.05, 0) is 85.5 Å². The van der Waals surface area contributed by atoms with E-state index in [1.165, 1.54) is 10.5 Å². The number of anilines is 1. The fourth-order valence-electron chi connectivity index (χ4n) is 8.89. The second kappa shape index (κ2) is 9.99. The maximum absolute atomic E-state index is 12.2. The first-order chi connectivity index (χ1) is 20.7. The van der Waals surface area contributed by atoms with E-state index in [2.05, 4.69) is 25.2 Å². The summed E-state index contributed by atoms with van der Waals surface area (Å²) in [6.07, 6.45) is 8.91. The number of aromatic nitrogens is 1. The average molecular weight is 595 g/mol. The molecule has 1 unspecified atom stereocenters. The van der Waals surface area contributed by atoms with Crippen LogP contribution in [0.5, 0.6) is 5.75 Å². The van der Waals surface area contributed by atoms with Crippen LogP contribution in [0.2, 0.25) is 0 Å². The molecule has 4 aliphatic carbocycles. The van der Waals surface area contributed by atoms with Gasteiger partial charge in [0.1, 0.15) is 29.0 Å². The Labute approximate surface area is 255 Å². The van der Waals surface area contributed by atoms with Gasteiger partial charge in [0, 0.05) is 16.7 Å². The Kier molecular flexibility index (Phi) is 6.45. The SMILES string of the molecule is COc1ccc(C2C(C#N)=C(O)OC(Nc3nc4c(s3)C[C@H]3[C@@H]5CCC6=CC(=O)CC[C@]6(C)[C@H]5CC[C@]43C)=C2C#N)cc1. The number of methoxy groups -OCH3 is 1. The summed E-state index contributed by atoms with van der Waals surface area (Å²) in [6, 6.07) is 11.3. The van der Waals surface area contributed by atoms with Crippen LogP contribution in [0.1, 0.15) is 74.4 Å². The molecule has 7 rings (SSSR count). The topological polar surface area (TPSA) is 128 Å². The smallest absolute Gasteiger partial charge is 0.298 e. The highest BCUT2D eigenvalue weighted by atomic mass is 32.1. The lowest BCUT2D eigenvalue weighted by molar-refractivity contribution is -0.117. The molecule has 43 heavy (non-hydrogen) atoms. The normalized spacial score (nSPS) is 32.8. The lowest BCUT2D eigenvalue weighted by atomic mass is 9.47. The molecule has 0 spiro atoms. The van der Waals surface area contributed by atoms with E-state index in [9.17, 15) is 20.4 Å². The molecular weight excluding hydrogens is 560 g/mol. The third-order valence-corrected chi connectivity index (χ3v) is 12.1. The Balaban J connectivity index is 1.17. The van der Waals surface area contributed by atoms with Crippen molar-refractivity contribution in [2.45, 2.75) is 70.1 Å². The summed E-state index contributed by atoms with van der Waals surface area (Å²) in [7, 11) is 1.57. The Morgan fingerprint density at radius 3 is 2.56 bits per heavy atom. The van der Waals surface area contributed by atoms with E-state index < -0.39 is 11.9 Å². The molecule has 1 aromatic carbocycles. The Bertz CT molecular complexity index is 1710. The monoisotopic (exact) mass is 594 g/mol. The van der Waals surface area contributed by atoms with Gasteiger partial charge >= 0.3 is 0 Å². The fourth-order valence-corrected chi connectivity index (χ4v) is 10.0. The second-order valence-electron chi connectivity index (χ2n) is 13.0. The molecule has 2 heterocycles. The molecule has 2 N–H and O–H groups in total. The Hall–Kier alpha value is -4.08. The molecule has 2 fully saturated rings. The van der Waals surface area contributed by atoms with Crippen LogP contribution in [0, 0.1) is 45.8 Å². The zero-order valence-corrected chi connectivity index (χ0v) is 25.4. The molecule has 2 saturated carbocycles. The standard InChI is InChI=1S/C34H34N4O4S/c1-33-12-10-20(39)14-19(33)6-9-22-25(33)11-13-34(2)26(22)15-27-29(34)37-32(43-27)38-30-23(16-35)28(24(17-36)31(40)42-30)18-4-7-21(41-3)8-5-18/h4-5,7-8,14,22,25-26,28,40H,6,9-13,15H2,1-3H3,(H,37,38)/t22-,25+,26+,28?,33+,34+/m1/s1. The number of nitrogens with one attached hydrogen (secondary N) is 1. The van der Waals surface area contributed by atoms with Gasteiger partial charge < -0.3 is 19.9 Å². The molecule has 0 bridgehead atoms. The highest BCUT2D eigenvalue weighted by Crippen LogP contribution is 2.65. The highest BCUT2D eigenvalue weighted by molar-refractivity contribution is 7.15. The van der Waals surface area contributed by atoms with Crippen LogP contribution in [0.4, 0.5) is 5.13 Å². The number of rotatable bonds is 4. The maximum atomic E-state index is 12.2. The summed E-state index contributed by atoms with van der Waals surface area (Å²) in [4.78, 5) is 18.5. The largest absolute Gasteiger partial charge is 0.497 e. The Morgan fingerprint density at radius 2 is 1.84 bits per heavy atom. The number of fused-ring (bicyclic) bond motifs is 7. The summed E-state index contributed by atoms with van der Waals surface area (Å²) in [5.41, 5.74) is 3.45. The van der Waals surface area contributed by atoms with Gasteiger partial charge in [-0.25, -0.2) is 4.98 Å². The third kappa shape index (κ3) is 4.12. The van der Waals surface area contributed by atoms with E-state index in [-0.39, 0.29) is 27.9 Å². The van der Waals surface area contributed by atoms with Crippen molar-refractivity contribution in [3.63, 3.8) is 0 Å². The van der Waals surface area contributed by atoms with E-state index in [1.807, 2.05) is 12.1 Å². The molecule has 0 saturated heterocycles. The number of ether oxygens (including phenoxy) is 2. The quantitative estimate of drug-likeness (QED) is 0.389. The van der Waals surface area contributed by atoms with Crippen LogP contribution in [0.25, 0.3) is 0 Å². The van der Waals surface area contributed by atoms with Crippen LogP contribution in [-0.2, 0) is 21.4 Å². The molecule has 9 heteroatoms. The molecule has 5 aliphatic rings. The van der Waals surface area contributed by atoms with E-state index in [4.69, 9.17) is 14.5 Å². The van der Waals surface area contributed by atoms with Crippen molar-refractivity contribution in [1.29, 1.82) is 10.5 Å². The molecule has 8 nitrogen and oxygen atoms in total. The number of nitriles is 2. The number of benzene rings is 1. The first-order valence-electron chi connectivity index (χ1n) is 15.0. The second-order valence-corrected chi connectivity index (χ2v) is 14.1. The van der Waals surface area contributed by atoms with Crippen molar-refractivity contribution in [2.75, 3.05) is 12.4 Å². The van der Waals surface area contributed by atoms with Crippen molar-refractivity contribution in [1.82, 2.24) is 4.98 Å². The van der Waals surface area contributed by atoms with Gasteiger partial charge in [0.15, 0.2) is 10.9 Å². The number of carbonyl (C=O) groups is 1. The number of aliphatic hydroxyl groups is 1. The van der Waals surface area contributed by atoms with E-state index in [0.29, 0.717) is 46.4 Å². The molecule has 0 amide bonds. The zero-order valence-electron chi connectivity index (χ0n) is 24.6. The number of nitrogens with zero attached hydrogens (tertiary/aromatic N) is 3. The first kappa shape index (κ1) is 27.7. The number of thiazole rings is 1. The van der Waals surface area contributed by atoms with Crippen molar-refractivity contribution >= 4 is 22.3 Å². The molecule has 6 atom stereocenters. The van der Waals surface area contributed by atoms with Crippen LogP contribution in [0.15, 0.2) is 58.9 Å². The number of allylic oxidation sites excluding steroid dienone is 4. The fraction of sp³-hybridized carbons (Fsp3) is 0.471. The van der Waals surface area contributed by atoms with E-state index >= 15 is 0 Å². The summed E-state index contributed by atoms with van der Waals surface area (Å²) in [5.74, 6) is 1.44. The number of aliphatic hydroxyl groups excluding tert-OH is 1. The van der Waals surface area contributed by atoms with Crippen LogP contribution < -0.4 is 10.1 Å². The number of hydrogen-bond acceptors (Lipinski definition) is 9. The molecule has 1 aliphatic heterocycles. The third-order valence-electron chi connectivity index (χ3n) is 11.2. The summed E-state index contributed by atoms with van der Waals surface area (Å²) >= 11 is 1.58. The molecular formula is C34H34N4O4S. The van der Waals surface area contributed by atoms with Gasteiger partial charge in [-0.3, -0.25) is 4.79 Å². The predicted molar refractivity (Wildman–Crippen MR) is 161 cm³/mol. The number of hydrogen-bond donors (Lipinski definition) is 2. The predicted octanol–water partition coefficient (Wildman–Crippen LogP) is 6.95. The first-order valence-corrected chi connectivity index (χ1v) is 15.8. The summed E-state index contributed by atoms with van der Waals surface area (Å²) in [6.45, 7) is 4.77.